The van der Waals surface area contributed by atoms with Crippen LogP contribution >= 0.6 is 11.8 Å². The number of amides is 1. The van der Waals surface area contributed by atoms with E-state index in [0.29, 0.717) is 17.4 Å². The van der Waals surface area contributed by atoms with Crippen molar-refractivity contribution in [1.82, 2.24) is 20.2 Å². The number of carbonyl (C=O) groups is 1. The van der Waals surface area contributed by atoms with E-state index in [1.54, 1.807) is 23.9 Å². The van der Waals surface area contributed by atoms with E-state index in [1.165, 1.54) is 0 Å². The summed E-state index contributed by atoms with van der Waals surface area (Å²) in [7, 11) is 0. The predicted molar refractivity (Wildman–Crippen MR) is 70.6 cm³/mol. The van der Waals surface area contributed by atoms with Gasteiger partial charge in [0.15, 0.2) is 0 Å². The van der Waals surface area contributed by atoms with E-state index in [4.69, 9.17) is 5.73 Å². The standard InChI is InChI=1S/C12H13N5OS/c13-11(18)9-3-1-2-8(6-9)7-19-12-14-15-16-17(12)10-4-5-10/h1-3,6,10H,4-5,7H2,(H2,13,18). The quantitative estimate of drug-likeness (QED) is 0.833. The molecular formula is C12H13N5OS. The van der Waals surface area contributed by atoms with Crippen molar-refractivity contribution >= 4 is 17.7 Å². The molecule has 0 radical (unpaired) electrons. The Labute approximate surface area is 114 Å². The summed E-state index contributed by atoms with van der Waals surface area (Å²) in [4.78, 5) is 11.1. The average molecular weight is 275 g/mol. The number of thioether (sulfide) groups is 1. The van der Waals surface area contributed by atoms with Gasteiger partial charge in [0.2, 0.25) is 11.1 Å². The van der Waals surface area contributed by atoms with Gasteiger partial charge in [-0.3, -0.25) is 4.79 Å². The summed E-state index contributed by atoms with van der Waals surface area (Å²) in [5.41, 5.74) is 6.82. The topological polar surface area (TPSA) is 86.7 Å². The summed E-state index contributed by atoms with van der Waals surface area (Å²) in [6.45, 7) is 0. The van der Waals surface area contributed by atoms with E-state index in [-0.39, 0.29) is 0 Å². The van der Waals surface area contributed by atoms with Crippen molar-refractivity contribution in [3.05, 3.63) is 35.4 Å². The molecule has 0 unspecified atom stereocenters. The van der Waals surface area contributed by atoms with Gasteiger partial charge in [-0.2, -0.15) is 0 Å². The minimum atomic E-state index is -0.408. The molecular weight excluding hydrogens is 262 g/mol. The highest BCUT2D eigenvalue weighted by Gasteiger charge is 2.27. The molecule has 1 aliphatic carbocycles. The van der Waals surface area contributed by atoms with Gasteiger partial charge >= 0.3 is 0 Å². The molecule has 2 aromatic rings. The van der Waals surface area contributed by atoms with E-state index in [0.717, 1.165) is 23.6 Å². The van der Waals surface area contributed by atoms with Crippen LogP contribution in [-0.4, -0.2) is 26.1 Å². The maximum Gasteiger partial charge on any atom is 0.248 e. The first-order chi connectivity index (χ1) is 9.24. The summed E-state index contributed by atoms with van der Waals surface area (Å²) >= 11 is 1.57. The van der Waals surface area contributed by atoms with Gasteiger partial charge in [-0.1, -0.05) is 23.9 Å². The van der Waals surface area contributed by atoms with Crippen LogP contribution in [0.4, 0.5) is 0 Å². The van der Waals surface area contributed by atoms with Crippen LogP contribution in [0.3, 0.4) is 0 Å². The molecule has 0 atom stereocenters. The van der Waals surface area contributed by atoms with E-state index in [1.807, 2.05) is 16.8 Å². The summed E-state index contributed by atoms with van der Waals surface area (Å²) in [6, 6.07) is 7.78. The van der Waals surface area contributed by atoms with Crippen molar-refractivity contribution in [2.24, 2.45) is 5.73 Å². The zero-order valence-corrected chi connectivity index (χ0v) is 11.0. The monoisotopic (exact) mass is 275 g/mol. The molecule has 0 bridgehead atoms. The molecule has 0 spiro atoms. The van der Waals surface area contributed by atoms with Gasteiger partial charge in [0.25, 0.3) is 0 Å². The number of nitrogens with two attached hydrogens (primary N) is 1. The highest BCUT2D eigenvalue weighted by molar-refractivity contribution is 7.98. The molecule has 6 nitrogen and oxygen atoms in total. The lowest BCUT2D eigenvalue weighted by molar-refractivity contribution is 0.1000. The molecule has 98 valence electrons. The predicted octanol–water partition coefficient (Wildman–Crippen LogP) is 1.40. The van der Waals surface area contributed by atoms with Gasteiger partial charge in [0.05, 0.1) is 6.04 Å². The number of primary amides is 1. The van der Waals surface area contributed by atoms with Gasteiger partial charge < -0.3 is 5.73 Å². The van der Waals surface area contributed by atoms with E-state index < -0.39 is 5.91 Å². The number of nitrogens with zero attached hydrogens (tertiary/aromatic N) is 4. The fourth-order valence-corrected chi connectivity index (χ4v) is 2.68. The van der Waals surface area contributed by atoms with E-state index in [2.05, 4.69) is 15.5 Å². The Morgan fingerprint density at radius 3 is 3.05 bits per heavy atom. The molecule has 0 aliphatic heterocycles. The first kappa shape index (κ1) is 12.2. The molecule has 7 heteroatoms. The largest absolute Gasteiger partial charge is 0.366 e. The molecule has 1 heterocycles. The highest BCUT2D eigenvalue weighted by Crippen LogP contribution is 2.36. The van der Waals surface area contributed by atoms with Crippen LogP contribution in [0.5, 0.6) is 0 Å². The Morgan fingerprint density at radius 1 is 1.47 bits per heavy atom. The first-order valence-electron chi connectivity index (χ1n) is 6.03. The number of carbonyl (C=O) groups excluding carboxylic acids is 1. The lowest BCUT2D eigenvalue weighted by Gasteiger charge is -2.03. The molecule has 1 aromatic heterocycles. The smallest absolute Gasteiger partial charge is 0.248 e. The van der Waals surface area contributed by atoms with E-state index in [9.17, 15) is 4.79 Å². The molecule has 19 heavy (non-hydrogen) atoms. The SMILES string of the molecule is NC(=O)c1cccc(CSc2nnnn2C2CC2)c1. The summed E-state index contributed by atoms with van der Waals surface area (Å²) in [5, 5.41) is 12.6. The Balaban J connectivity index is 1.70. The van der Waals surface area contributed by atoms with Gasteiger partial charge in [0, 0.05) is 11.3 Å². The van der Waals surface area contributed by atoms with Gasteiger partial charge in [-0.25, -0.2) is 4.68 Å². The molecule has 3 rings (SSSR count). The van der Waals surface area contributed by atoms with Crippen LogP contribution in [0, 0.1) is 0 Å². The zero-order chi connectivity index (χ0) is 13.2. The Kier molecular flexibility index (Phi) is 3.20. The van der Waals surface area contributed by atoms with Crippen LogP contribution in [0.1, 0.15) is 34.8 Å². The van der Waals surface area contributed by atoms with Crippen LogP contribution in [-0.2, 0) is 5.75 Å². The molecule has 1 saturated carbocycles. The highest BCUT2D eigenvalue weighted by atomic mass is 32.2. The maximum atomic E-state index is 11.1. The van der Waals surface area contributed by atoms with Crippen molar-refractivity contribution in [3.63, 3.8) is 0 Å². The lowest BCUT2D eigenvalue weighted by atomic mass is 10.1. The first-order valence-corrected chi connectivity index (χ1v) is 7.02. The number of hydrogen-bond donors (Lipinski definition) is 1. The third-order valence-electron chi connectivity index (χ3n) is 2.93. The second kappa shape index (κ2) is 5.00. The fourth-order valence-electron chi connectivity index (χ4n) is 1.79. The third kappa shape index (κ3) is 2.76. The fraction of sp³-hybridized carbons (Fsp3) is 0.333. The van der Waals surface area contributed by atoms with Gasteiger partial charge in [-0.05, 0) is 41.0 Å². The third-order valence-corrected chi connectivity index (χ3v) is 3.94. The Bertz CT molecular complexity index is 608. The normalized spacial score (nSPS) is 14.5. The number of benzene rings is 1. The summed E-state index contributed by atoms with van der Waals surface area (Å²) < 4.78 is 1.88. The van der Waals surface area contributed by atoms with Crippen molar-refractivity contribution in [2.45, 2.75) is 29.8 Å². The Hall–Kier alpha value is -1.89. The second-order valence-corrected chi connectivity index (χ2v) is 5.43. The molecule has 0 saturated heterocycles. The minimum absolute atomic E-state index is 0.408. The molecule has 1 amide bonds. The molecule has 1 fully saturated rings. The lowest BCUT2D eigenvalue weighted by Crippen LogP contribution is -2.10. The van der Waals surface area contributed by atoms with Crippen LogP contribution in [0.25, 0.3) is 0 Å². The maximum absolute atomic E-state index is 11.1. The number of tetrazole rings is 1. The number of aromatic nitrogens is 4. The summed E-state index contributed by atoms with van der Waals surface area (Å²) in [5.74, 6) is 0.309. The molecule has 2 N–H and O–H groups in total. The molecule has 1 aromatic carbocycles. The summed E-state index contributed by atoms with van der Waals surface area (Å²) in [6.07, 6.45) is 2.30. The minimum Gasteiger partial charge on any atom is -0.366 e. The number of hydrogen-bond acceptors (Lipinski definition) is 5. The number of rotatable bonds is 5. The van der Waals surface area contributed by atoms with Gasteiger partial charge in [-0.15, -0.1) is 5.10 Å². The van der Waals surface area contributed by atoms with Crippen LogP contribution in [0.15, 0.2) is 29.4 Å². The van der Waals surface area contributed by atoms with Gasteiger partial charge in [0.1, 0.15) is 0 Å². The van der Waals surface area contributed by atoms with Crippen molar-refractivity contribution < 1.29 is 4.79 Å². The Morgan fingerprint density at radius 2 is 2.32 bits per heavy atom. The average Bonchev–Trinajstić information content (AvgIpc) is 3.16. The van der Waals surface area contributed by atoms with Crippen LogP contribution < -0.4 is 5.73 Å². The van der Waals surface area contributed by atoms with E-state index >= 15 is 0 Å². The van der Waals surface area contributed by atoms with Crippen molar-refractivity contribution in [3.8, 4) is 0 Å². The van der Waals surface area contributed by atoms with Crippen LogP contribution in [0.2, 0.25) is 0 Å². The zero-order valence-electron chi connectivity index (χ0n) is 10.2. The van der Waals surface area contributed by atoms with Crippen molar-refractivity contribution in [1.29, 1.82) is 0 Å². The van der Waals surface area contributed by atoms with Crippen molar-refractivity contribution in [2.75, 3.05) is 0 Å². The second-order valence-electron chi connectivity index (χ2n) is 4.49. The molecule has 1 aliphatic rings.